The van der Waals surface area contributed by atoms with Crippen molar-refractivity contribution >= 4 is 23.7 Å². The molecule has 15 nitrogen and oxygen atoms in total. The van der Waals surface area contributed by atoms with Crippen molar-refractivity contribution in [1.29, 1.82) is 0 Å². The highest BCUT2D eigenvalue weighted by atomic mass is 16.7. The Labute approximate surface area is 336 Å². The number of carbonyl (C=O) groups excluding carboxylic acids is 4. The van der Waals surface area contributed by atoms with E-state index < -0.39 is 107 Å². The third-order valence-electron chi connectivity index (χ3n) is 15.4. The second-order valence-corrected chi connectivity index (χ2v) is 18.4. The molecule has 2 saturated heterocycles. The molecular formula is C42H66O15. The minimum absolute atomic E-state index is 0.000901. The van der Waals surface area contributed by atoms with Crippen molar-refractivity contribution in [1.82, 2.24) is 0 Å². The highest BCUT2D eigenvalue weighted by Crippen LogP contribution is 2.81. The average Bonchev–Trinajstić information content (AvgIpc) is 3.70. The van der Waals surface area contributed by atoms with Crippen LogP contribution < -0.4 is 0 Å². The fraction of sp³-hybridized carbons (Fsp3) is 0.905. The van der Waals surface area contributed by atoms with E-state index in [1.165, 1.54) is 28.1 Å². The third-order valence-corrected chi connectivity index (χ3v) is 15.4. The monoisotopic (exact) mass is 810 g/mol. The summed E-state index contributed by atoms with van der Waals surface area (Å²) in [5.41, 5.74) is -2.73. The van der Waals surface area contributed by atoms with E-state index in [-0.39, 0.29) is 35.9 Å². The first kappa shape index (κ1) is 44.3. The number of carbonyl (C=O) groups is 4. The van der Waals surface area contributed by atoms with Crippen LogP contribution in [0, 0.1) is 34.5 Å². The molecule has 57 heavy (non-hydrogen) atoms. The van der Waals surface area contributed by atoms with E-state index >= 15 is 0 Å². The average molecular weight is 811 g/mol. The highest BCUT2D eigenvalue weighted by molar-refractivity contribution is 5.81. The van der Waals surface area contributed by atoms with E-state index in [1.807, 2.05) is 20.8 Å². The van der Waals surface area contributed by atoms with Gasteiger partial charge in [-0.2, -0.15) is 0 Å². The summed E-state index contributed by atoms with van der Waals surface area (Å²) in [6, 6.07) is 0. The lowest BCUT2D eigenvalue weighted by atomic mass is 9.43. The van der Waals surface area contributed by atoms with Crippen molar-refractivity contribution in [3.8, 4) is 0 Å². The maximum absolute atomic E-state index is 13.7. The fourth-order valence-corrected chi connectivity index (χ4v) is 12.2. The molecule has 6 fully saturated rings. The van der Waals surface area contributed by atoms with Crippen LogP contribution in [0.4, 0.5) is 0 Å². The number of hydrogen-bond acceptors (Lipinski definition) is 15. The van der Waals surface area contributed by atoms with E-state index in [0.29, 0.717) is 44.9 Å². The number of aliphatic hydroxyl groups excluding tert-OH is 3. The molecule has 0 amide bonds. The standard InChI is InChI=1S/C42H66O15/c1-11-20(2)37(49)55-34-35-39(7)15-13-26(54-29(46)19-28(50-9)32(22(4)44)56-38-31(48)33(51-10)30(47)23(5)52-38)18-25(39)12-16-41(35)42(57-41)17-14-27(21(3)43)40(42,8)36(34)53-24(6)45/h20,22-23,25-28,30-36,38,44,47-48H,11-19H2,1-10H3/t20?,22?,23-,25+,26+,27-,28?,30-,31-,32?,33-,34+,35-,36-,38+,39+,40+,41+,42-/m1/s1. The molecule has 0 bridgehead atoms. The predicted molar refractivity (Wildman–Crippen MR) is 200 cm³/mol. The predicted octanol–water partition coefficient (Wildman–Crippen LogP) is 3.18. The van der Waals surface area contributed by atoms with Crippen molar-refractivity contribution < 1.29 is 72.4 Å². The van der Waals surface area contributed by atoms with Gasteiger partial charge in [-0.05, 0) is 83.5 Å². The first-order valence-corrected chi connectivity index (χ1v) is 20.9. The summed E-state index contributed by atoms with van der Waals surface area (Å²) in [5.74, 6) is -2.54. The van der Waals surface area contributed by atoms with Crippen LogP contribution >= 0.6 is 0 Å². The number of epoxide rings is 1. The number of esters is 3. The van der Waals surface area contributed by atoms with E-state index in [1.54, 1.807) is 13.8 Å². The van der Waals surface area contributed by atoms with Gasteiger partial charge < -0.3 is 53.2 Å². The lowest BCUT2D eigenvalue weighted by Crippen LogP contribution is -2.70. The Balaban J connectivity index is 1.21. The SMILES string of the molecule is CCC(C)C(=O)O[C@@H]1[C@@H](OC(C)=O)[C@]2(C)[C@@H](C(C)=O)CC[C@@]23O[C@]32CC[C@H]3C[C@@H](OC(=O)CC(OC)C(O[C@@H]4O[C@H](C)[C@@H](O)[C@@H](OC)[C@H]4O)C(C)O)CC[C@]3(C)[C@@H]12. The van der Waals surface area contributed by atoms with Gasteiger partial charge in [0, 0.05) is 38.4 Å². The zero-order valence-electron chi connectivity index (χ0n) is 35.3. The van der Waals surface area contributed by atoms with Gasteiger partial charge in [0.2, 0.25) is 0 Å². The molecule has 2 aliphatic heterocycles. The highest BCUT2D eigenvalue weighted by Gasteiger charge is 2.91. The molecule has 15 heteroatoms. The van der Waals surface area contributed by atoms with E-state index in [9.17, 15) is 34.5 Å². The van der Waals surface area contributed by atoms with Crippen molar-refractivity contribution in [3.05, 3.63) is 0 Å². The summed E-state index contributed by atoms with van der Waals surface area (Å²) >= 11 is 0. The lowest BCUT2D eigenvalue weighted by Gasteiger charge is -2.61. The number of rotatable bonds is 14. The molecule has 0 aromatic rings. The van der Waals surface area contributed by atoms with Crippen LogP contribution in [0.5, 0.6) is 0 Å². The molecule has 4 unspecified atom stereocenters. The molecule has 4 aliphatic carbocycles. The summed E-state index contributed by atoms with van der Waals surface area (Å²) in [7, 11) is 2.75. The first-order chi connectivity index (χ1) is 26.8. The first-order valence-electron chi connectivity index (χ1n) is 20.9. The minimum Gasteiger partial charge on any atom is -0.462 e. The number of aliphatic hydroxyl groups is 3. The molecule has 0 radical (unpaired) electrons. The molecule has 0 aromatic carbocycles. The van der Waals surface area contributed by atoms with Crippen molar-refractivity contribution in [3.63, 3.8) is 0 Å². The Morgan fingerprint density at radius 1 is 0.912 bits per heavy atom. The number of ether oxygens (including phenoxy) is 8. The normalized spacial score (nSPS) is 45.5. The van der Waals surface area contributed by atoms with Crippen LogP contribution in [0.3, 0.4) is 0 Å². The Hall–Kier alpha value is -2.24. The molecule has 2 heterocycles. The maximum atomic E-state index is 13.7. The number of methoxy groups -OCH3 is 2. The molecule has 0 aromatic heterocycles. The summed E-state index contributed by atoms with van der Waals surface area (Å²) in [6.45, 7) is 13.9. The van der Waals surface area contributed by atoms with Crippen LogP contribution in [0.1, 0.15) is 113 Å². The van der Waals surface area contributed by atoms with Gasteiger partial charge in [-0.1, -0.05) is 27.7 Å². The van der Waals surface area contributed by atoms with Crippen LogP contribution in [0.15, 0.2) is 0 Å². The number of fused-ring (bicyclic) bond motifs is 2. The molecule has 2 spiro atoms. The van der Waals surface area contributed by atoms with Crippen molar-refractivity contribution in [2.45, 2.75) is 192 Å². The van der Waals surface area contributed by atoms with Gasteiger partial charge in [-0.3, -0.25) is 19.2 Å². The zero-order valence-corrected chi connectivity index (χ0v) is 35.3. The van der Waals surface area contributed by atoms with Gasteiger partial charge in [0.15, 0.2) is 6.29 Å². The van der Waals surface area contributed by atoms with Gasteiger partial charge in [0.05, 0.1) is 30.7 Å². The maximum Gasteiger partial charge on any atom is 0.309 e. The Morgan fingerprint density at radius 2 is 1.61 bits per heavy atom. The van der Waals surface area contributed by atoms with Gasteiger partial charge in [-0.25, -0.2) is 0 Å². The molecule has 19 atom stereocenters. The minimum atomic E-state index is -1.38. The number of Topliss-reactive ketones (excluding diaryl/α,β-unsaturated/α-hetero) is 1. The topological polar surface area (TPSA) is 206 Å². The molecule has 3 N–H and O–H groups in total. The second-order valence-electron chi connectivity index (χ2n) is 18.4. The zero-order chi connectivity index (χ0) is 42.0. The summed E-state index contributed by atoms with van der Waals surface area (Å²) in [6.07, 6.45) is -6.19. The Morgan fingerprint density at radius 3 is 2.21 bits per heavy atom. The molecule has 6 rings (SSSR count). The fourth-order valence-electron chi connectivity index (χ4n) is 12.2. The van der Waals surface area contributed by atoms with Crippen molar-refractivity contribution in [2.75, 3.05) is 14.2 Å². The number of hydrogen-bond donors (Lipinski definition) is 3. The largest absolute Gasteiger partial charge is 0.462 e. The van der Waals surface area contributed by atoms with E-state index in [0.717, 1.165) is 6.42 Å². The number of ketones is 1. The van der Waals surface area contributed by atoms with E-state index in [4.69, 9.17) is 37.9 Å². The quantitative estimate of drug-likeness (QED) is 0.131. The molecule has 324 valence electrons. The third kappa shape index (κ3) is 7.17. The second kappa shape index (κ2) is 16.3. The Bertz CT molecular complexity index is 1520. The molecule has 6 aliphatic rings. The Kier molecular flexibility index (Phi) is 12.7. The summed E-state index contributed by atoms with van der Waals surface area (Å²) in [4.78, 5) is 53.4. The van der Waals surface area contributed by atoms with E-state index in [2.05, 4.69) is 6.92 Å². The lowest BCUT2D eigenvalue weighted by molar-refractivity contribution is -0.320. The van der Waals surface area contributed by atoms with Crippen LogP contribution in [-0.4, -0.2) is 132 Å². The van der Waals surface area contributed by atoms with Gasteiger partial charge in [0.1, 0.15) is 59.7 Å². The van der Waals surface area contributed by atoms with Crippen molar-refractivity contribution in [2.24, 2.45) is 34.5 Å². The smallest absolute Gasteiger partial charge is 0.309 e. The van der Waals surface area contributed by atoms with Crippen LogP contribution in [0.2, 0.25) is 0 Å². The van der Waals surface area contributed by atoms with Gasteiger partial charge in [-0.15, -0.1) is 0 Å². The van der Waals surface area contributed by atoms with Crippen LogP contribution in [-0.2, 0) is 57.1 Å². The van der Waals surface area contributed by atoms with Crippen LogP contribution in [0.25, 0.3) is 0 Å². The van der Waals surface area contributed by atoms with Gasteiger partial charge in [0.25, 0.3) is 0 Å². The molecular weight excluding hydrogens is 744 g/mol. The summed E-state index contributed by atoms with van der Waals surface area (Å²) < 4.78 is 48.5. The molecule has 4 saturated carbocycles. The summed E-state index contributed by atoms with van der Waals surface area (Å²) in [5, 5.41) is 31.9. The van der Waals surface area contributed by atoms with Gasteiger partial charge >= 0.3 is 17.9 Å².